The maximum Gasteiger partial charge on any atom is 0.127 e. The second-order valence-electron chi connectivity index (χ2n) is 4.83. The van der Waals surface area contributed by atoms with E-state index in [1.54, 1.807) is 16.8 Å². The van der Waals surface area contributed by atoms with E-state index in [1.165, 1.54) is 6.07 Å². The van der Waals surface area contributed by atoms with Crippen LogP contribution in [-0.2, 0) is 13.5 Å². The average molecular weight is 296 g/mol. The van der Waals surface area contributed by atoms with Gasteiger partial charge in [-0.25, -0.2) is 4.39 Å². The zero-order chi connectivity index (χ0) is 14.5. The maximum absolute atomic E-state index is 13.9. The number of benzene rings is 1. The Balaban J connectivity index is 2.23. The highest BCUT2D eigenvalue weighted by Crippen LogP contribution is 2.25. The van der Waals surface area contributed by atoms with E-state index < -0.39 is 0 Å². The summed E-state index contributed by atoms with van der Waals surface area (Å²) < 4.78 is 15.7. The van der Waals surface area contributed by atoms with Crippen molar-refractivity contribution in [3.05, 3.63) is 52.6 Å². The van der Waals surface area contributed by atoms with Crippen LogP contribution >= 0.6 is 11.6 Å². The van der Waals surface area contributed by atoms with Crippen LogP contribution in [0.4, 0.5) is 4.39 Å². The normalized spacial score (nSPS) is 12.6. The van der Waals surface area contributed by atoms with Crippen molar-refractivity contribution < 1.29 is 4.39 Å². The zero-order valence-corrected chi connectivity index (χ0v) is 12.5. The molecular formula is C15H19ClFN3. The van der Waals surface area contributed by atoms with Crippen molar-refractivity contribution >= 4 is 11.6 Å². The van der Waals surface area contributed by atoms with Crippen LogP contribution in [0.2, 0.25) is 5.02 Å². The first kappa shape index (κ1) is 15.0. The van der Waals surface area contributed by atoms with Crippen molar-refractivity contribution in [3.63, 3.8) is 0 Å². The van der Waals surface area contributed by atoms with Gasteiger partial charge < -0.3 is 5.32 Å². The van der Waals surface area contributed by atoms with Crippen LogP contribution in [-0.4, -0.2) is 16.3 Å². The Labute approximate surface area is 123 Å². The van der Waals surface area contributed by atoms with E-state index in [9.17, 15) is 4.39 Å². The van der Waals surface area contributed by atoms with Gasteiger partial charge in [-0.15, -0.1) is 0 Å². The summed E-state index contributed by atoms with van der Waals surface area (Å²) in [5.74, 6) is -0.267. The van der Waals surface area contributed by atoms with Crippen molar-refractivity contribution in [1.29, 1.82) is 0 Å². The molecule has 0 aliphatic carbocycles. The highest BCUT2D eigenvalue weighted by molar-refractivity contribution is 6.31. The maximum atomic E-state index is 13.9. The standard InChI is InChI=1S/C15H19ClFN3/c1-3-8-18-15(14-7-9-20(2)19-14)10-11-12(16)5-4-6-13(11)17/h4-7,9,15,18H,3,8,10H2,1-2H3. The summed E-state index contributed by atoms with van der Waals surface area (Å²) in [5.41, 5.74) is 1.44. The Morgan fingerprint density at radius 1 is 1.40 bits per heavy atom. The molecule has 2 rings (SSSR count). The molecule has 0 saturated carbocycles. The lowest BCUT2D eigenvalue weighted by Crippen LogP contribution is -2.25. The van der Waals surface area contributed by atoms with Gasteiger partial charge in [0.15, 0.2) is 0 Å². The molecule has 1 aromatic heterocycles. The molecule has 0 saturated heterocycles. The largest absolute Gasteiger partial charge is 0.308 e. The third-order valence-electron chi connectivity index (χ3n) is 3.20. The molecule has 0 bridgehead atoms. The van der Waals surface area contributed by atoms with Gasteiger partial charge in [0.25, 0.3) is 0 Å². The van der Waals surface area contributed by atoms with Crippen LogP contribution in [0.5, 0.6) is 0 Å². The molecule has 0 aliphatic rings. The van der Waals surface area contributed by atoms with Crippen molar-refractivity contribution in [2.45, 2.75) is 25.8 Å². The summed E-state index contributed by atoms with van der Waals surface area (Å²) in [5, 5.41) is 8.27. The Bertz CT molecular complexity index is 548. The quantitative estimate of drug-likeness (QED) is 0.884. The molecule has 1 heterocycles. The molecule has 1 unspecified atom stereocenters. The second kappa shape index (κ2) is 6.86. The summed E-state index contributed by atoms with van der Waals surface area (Å²) in [7, 11) is 1.87. The smallest absolute Gasteiger partial charge is 0.127 e. The van der Waals surface area contributed by atoms with E-state index in [2.05, 4.69) is 17.3 Å². The van der Waals surface area contributed by atoms with Gasteiger partial charge in [-0.1, -0.05) is 24.6 Å². The minimum absolute atomic E-state index is 0.0365. The molecule has 0 spiro atoms. The van der Waals surface area contributed by atoms with Gasteiger partial charge in [0.1, 0.15) is 5.82 Å². The number of halogens is 2. The number of rotatable bonds is 6. The molecule has 1 atom stereocenters. The molecule has 5 heteroatoms. The van der Waals surface area contributed by atoms with E-state index in [-0.39, 0.29) is 11.9 Å². The molecule has 0 aliphatic heterocycles. The topological polar surface area (TPSA) is 29.9 Å². The minimum atomic E-state index is -0.267. The van der Waals surface area contributed by atoms with Crippen LogP contribution in [0.3, 0.4) is 0 Å². The molecule has 2 aromatic rings. The van der Waals surface area contributed by atoms with Gasteiger partial charge >= 0.3 is 0 Å². The van der Waals surface area contributed by atoms with Gasteiger partial charge in [-0.3, -0.25) is 4.68 Å². The predicted molar refractivity (Wildman–Crippen MR) is 79.4 cm³/mol. The van der Waals surface area contributed by atoms with Gasteiger partial charge in [0.2, 0.25) is 0 Å². The monoisotopic (exact) mass is 295 g/mol. The van der Waals surface area contributed by atoms with E-state index in [0.29, 0.717) is 17.0 Å². The van der Waals surface area contributed by atoms with Crippen LogP contribution < -0.4 is 5.32 Å². The third kappa shape index (κ3) is 3.58. The molecule has 108 valence electrons. The van der Waals surface area contributed by atoms with Gasteiger partial charge in [0.05, 0.1) is 11.7 Å². The first-order chi connectivity index (χ1) is 9.61. The fraction of sp³-hybridized carbons (Fsp3) is 0.400. The number of nitrogens with zero attached hydrogens (tertiary/aromatic N) is 2. The zero-order valence-electron chi connectivity index (χ0n) is 11.7. The molecular weight excluding hydrogens is 277 g/mol. The molecule has 0 radical (unpaired) electrons. The van der Waals surface area contributed by atoms with Crippen molar-refractivity contribution in [2.24, 2.45) is 7.05 Å². The lowest BCUT2D eigenvalue weighted by atomic mass is 10.0. The summed E-state index contributed by atoms with van der Waals surface area (Å²) in [6.07, 6.45) is 3.38. The van der Waals surface area contributed by atoms with E-state index in [0.717, 1.165) is 18.7 Å². The lowest BCUT2D eigenvalue weighted by molar-refractivity contribution is 0.498. The average Bonchev–Trinajstić information content (AvgIpc) is 2.84. The lowest BCUT2D eigenvalue weighted by Gasteiger charge is -2.17. The molecule has 1 aromatic carbocycles. The predicted octanol–water partition coefficient (Wildman–Crippen LogP) is 3.50. The molecule has 0 amide bonds. The van der Waals surface area contributed by atoms with Crippen LogP contribution in [0, 0.1) is 5.82 Å². The van der Waals surface area contributed by atoms with Crippen LogP contribution in [0.25, 0.3) is 0 Å². The molecule has 20 heavy (non-hydrogen) atoms. The summed E-state index contributed by atoms with van der Waals surface area (Å²) in [6.45, 7) is 2.95. The SMILES string of the molecule is CCCNC(Cc1c(F)cccc1Cl)c1ccn(C)n1. The minimum Gasteiger partial charge on any atom is -0.308 e. The van der Waals surface area contributed by atoms with Gasteiger partial charge in [0, 0.05) is 23.8 Å². The Hall–Kier alpha value is -1.39. The second-order valence-corrected chi connectivity index (χ2v) is 5.23. The first-order valence-electron chi connectivity index (χ1n) is 6.77. The fourth-order valence-corrected chi connectivity index (χ4v) is 2.39. The van der Waals surface area contributed by atoms with E-state index >= 15 is 0 Å². The summed E-state index contributed by atoms with van der Waals surface area (Å²) in [6, 6.07) is 6.69. The van der Waals surface area contributed by atoms with E-state index in [1.807, 2.05) is 19.3 Å². The summed E-state index contributed by atoms with van der Waals surface area (Å²) in [4.78, 5) is 0. The van der Waals surface area contributed by atoms with Gasteiger partial charge in [-0.2, -0.15) is 5.10 Å². The third-order valence-corrected chi connectivity index (χ3v) is 3.56. The summed E-state index contributed by atoms with van der Waals surface area (Å²) >= 11 is 6.11. The number of aryl methyl sites for hydroxylation is 1. The molecule has 1 N–H and O–H groups in total. The number of hydrogen-bond acceptors (Lipinski definition) is 2. The van der Waals surface area contributed by atoms with Crippen molar-refractivity contribution in [3.8, 4) is 0 Å². The van der Waals surface area contributed by atoms with Crippen LogP contribution in [0.1, 0.15) is 30.6 Å². The van der Waals surface area contributed by atoms with Gasteiger partial charge in [-0.05, 0) is 37.6 Å². The fourth-order valence-electron chi connectivity index (χ4n) is 2.15. The highest BCUT2D eigenvalue weighted by atomic mass is 35.5. The Kier molecular flexibility index (Phi) is 5.15. The van der Waals surface area contributed by atoms with Crippen molar-refractivity contribution in [2.75, 3.05) is 6.54 Å². The van der Waals surface area contributed by atoms with Crippen LogP contribution in [0.15, 0.2) is 30.5 Å². The first-order valence-corrected chi connectivity index (χ1v) is 7.15. The number of aromatic nitrogens is 2. The Morgan fingerprint density at radius 2 is 2.20 bits per heavy atom. The highest BCUT2D eigenvalue weighted by Gasteiger charge is 2.18. The van der Waals surface area contributed by atoms with Crippen molar-refractivity contribution in [1.82, 2.24) is 15.1 Å². The van der Waals surface area contributed by atoms with E-state index in [4.69, 9.17) is 11.6 Å². The molecule has 3 nitrogen and oxygen atoms in total. The Morgan fingerprint density at radius 3 is 2.80 bits per heavy atom. The number of nitrogens with one attached hydrogen (secondary N) is 1. The molecule has 0 fully saturated rings. The number of hydrogen-bond donors (Lipinski definition) is 1.